The van der Waals surface area contributed by atoms with Crippen LogP contribution in [-0.2, 0) is 6.54 Å². The van der Waals surface area contributed by atoms with Gasteiger partial charge in [0.05, 0.1) is 12.2 Å². The molecular weight excluding hydrogens is 381 g/mol. The first-order valence-corrected chi connectivity index (χ1v) is 10.6. The fourth-order valence-electron chi connectivity index (χ4n) is 3.74. The zero-order valence-electron chi connectivity index (χ0n) is 17.9. The molecule has 0 unspecified atom stereocenters. The van der Waals surface area contributed by atoms with Crippen LogP contribution in [0.1, 0.15) is 44.0 Å². The number of rotatable bonds is 9. The van der Waals surface area contributed by atoms with E-state index in [0.717, 1.165) is 62.7 Å². The molecule has 1 aliphatic heterocycles. The molecule has 29 heavy (non-hydrogen) atoms. The third kappa shape index (κ3) is 9.06. The van der Waals surface area contributed by atoms with E-state index >= 15 is 0 Å². The fraction of sp³-hybridized carbons (Fsp3) is 0.800. The summed E-state index contributed by atoms with van der Waals surface area (Å²) < 4.78 is 39.4. The van der Waals surface area contributed by atoms with Crippen LogP contribution in [0.3, 0.4) is 0 Å². The smallest absolute Gasteiger partial charge is 0.357 e. The highest BCUT2D eigenvalue weighted by Gasteiger charge is 2.32. The first-order valence-electron chi connectivity index (χ1n) is 10.6. The first-order chi connectivity index (χ1) is 13.8. The SMILES string of the molecule is CCNC(=NCCCn1nc(C)cc1C)NCCC1CCN(CC(F)(F)F)CC1. The third-order valence-corrected chi connectivity index (χ3v) is 5.20. The van der Waals surface area contributed by atoms with E-state index in [-0.39, 0.29) is 0 Å². The molecule has 0 amide bonds. The molecule has 0 atom stereocenters. The maximum atomic E-state index is 12.5. The number of hydrogen-bond acceptors (Lipinski definition) is 3. The lowest BCUT2D eigenvalue weighted by atomic mass is 9.93. The Morgan fingerprint density at radius 2 is 1.97 bits per heavy atom. The Bertz CT molecular complexity index is 633. The Labute approximate surface area is 171 Å². The molecule has 0 aromatic carbocycles. The molecule has 0 spiro atoms. The minimum Gasteiger partial charge on any atom is -0.357 e. The van der Waals surface area contributed by atoms with Crippen LogP contribution in [0.5, 0.6) is 0 Å². The predicted molar refractivity (Wildman–Crippen MR) is 110 cm³/mol. The molecule has 1 aromatic heterocycles. The number of aliphatic imine (C=N–C) groups is 1. The Hall–Kier alpha value is -1.77. The Kier molecular flexibility index (Phi) is 9.26. The van der Waals surface area contributed by atoms with Gasteiger partial charge in [0.2, 0.25) is 0 Å². The van der Waals surface area contributed by atoms with Crippen LogP contribution < -0.4 is 10.6 Å². The van der Waals surface area contributed by atoms with Crippen molar-refractivity contribution in [3.8, 4) is 0 Å². The lowest BCUT2D eigenvalue weighted by molar-refractivity contribution is -0.148. The molecule has 1 fully saturated rings. The number of halogens is 3. The van der Waals surface area contributed by atoms with Gasteiger partial charge in [0.1, 0.15) is 0 Å². The quantitative estimate of drug-likeness (QED) is 0.369. The van der Waals surface area contributed by atoms with Gasteiger partial charge < -0.3 is 10.6 Å². The second-order valence-corrected chi connectivity index (χ2v) is 7.81. The van der Waals surface area contributed by atoms with Gasteiger partial charge in [-0.3, -0.25) is 14.6 Å². The van der Waals surface area contributed by atoms with E-state index in [2.05, 4.69) is 33.7 Å². The van der Waals surface area contributed by atoms with Crippen molar-refractivity contribution in [2.45, 2.75) is 59.2 Å². The number of guanidine groups is 1. The molecule has 1 saturated heterocycles. The highest BCUT2D eigenvalue weighted by Crippen LogP contribution is 2.23. The molecule has 0 bridgehead atoms. The Morgan fingerprint density at radius 3 is 2.55 bits per heavy atom. The summed E-state index contributed by atoms with van der Waals surface area (Å²) in [7, 11) is 0. The van der Waals surface area contributed by atoms with Crippen LogP contribution in [0.2, 0.25) is 0 Å². The van der Waals surface area contributed by atoms with E-state index in [0.29, 0.717) is 25.6 Å². The maximum absolute atomic E-state index is 12.5. The summed E-state index contributed by atoms with van der Waals surface area (Å²) >= 11 is 0. The van der Waals surface area contributed by atoms with Crippen molar-refractivity contribution in [3.05, 3.63) is 17.5 Å². The molecule has 2 N–H and O–H groups in total. The summed E-state index contributed by atoms with van der Waals surface area (Å²) in [5.41, 5.74) is 2.20. The van der Waals surface area contributed by atoms with E-state index in [4.69, 9.17) is 0 Å². The molecule has 166 valence electrons. The summed E-state index contributed by atoms with van der Waals surface area (Å²) in [5, 5.41) is 11.1. The van der Waals surface area contributed by atoms with Crippen LogP contribution in [-0.4, -0.2) is 66.1 Å². The van der Waals surface area contributed by atoms with E-state index in [1.165, 1.54) is 4.90 Å². The van der Waals surface area contributed by atoms with Gasteiger partial charge in [0.15, 0.2) is 5.96 Å². The first kappa shape index (κ1) is 23.5. The van der Waals surface area contributed by atoms with Crippen LogP contribution >= 0.6 is 0 Å². The standard InChI is InChI=1S/C20H35F3N6/c1-4-24-19(25-9-5-11-29-17(3)14-16(2)27-29)26-10-6-18-7-12-28(13-8-18)15-20(21,22)23/h14,18H,4-13,15H2,1-3H3,(H2,24,25,26). The number of nitrogens with zero attached hydrogens (tertiary/aromatic N) is 4. The molecule has 6 nitrogen and oxygen atoms in total. The van der Waals surface area contributed by atoms with Crippen molar-refractivity contribution in [2.75, 3.05) is 39.3 Å². The van der Waals surface area contributed by atoms with E-state index < -0.39 is 12.7 Å². The van der Waals surface area contributed by atoms with Crippen LogP contribution in [0.4, 0.5) is 13.2 Å². The van der Waals surface area contributed by atoms with Gasteiger partial charge in [0, 0.05) is 31.9 Å². The van der Waals surface area contributed by atoms with Gasteiger partial charge in [-0.15, -0.1) is 0 Å². The molecule has 2 rings (SSSR count). The maximum Gasteiger partial charge on any atom is 0.401 e. The number of nitrogens with one attached hydrogen (secondary N) is 2. The topological polar surface area (TPSA) is 57.5 Å². The minimum atomic E-state index is -4.10. The van der Waals surface area contributed by atoms with Crippen molar-refractivity contribution >= 4 is 5.96 Å². The van der Waals surface area contributed by atoms with E-state index in [1.54, 1.807) is 0 Å². The van der Waals surface area contributed by atoms with Gasteiger partial charge in [0.25, 0.3) is 0 Å². The van der Waals surface area contributed by atoms with Crippen molar-refractivity contribution < 1.29 is 13.2 Å². The summed E-state index contributed by atoms with van der Waals surface area (Å²) in [6, 6.07) is 2.07. The number of hydrogen-bond donors (Lipinski definition) is 2. The summed E-state index contributed by atoms with van der Waals surface area (Å²) in [4.78, 5) is 6.13. The van der Waals surface area contributed by atoms with Crippen LogP contribution in [0.15, 0.2) is 11.1 Å². The van der Waals surface area contributed by atoms with Crippen molar-refractivity contribution in [1.82, 2.24) is 25.3 Å². The Morgan fingerprint density at radius 1 is 1.24 bits per heavy atom. The number of aromatic nitrogens is 2. The van der Waals surface area contributed by atoms with Crippen molar-refractivity contribution in [2.24, 2.45) is 10.9 Å². The van der Waals surface area contributed by atoms with Gasteiger partial charge in [-0.1, -0.05) is 0 Å². The molecule has 1 aliphatic rings. The number of likely N-dealkylation sites (tertiary alicyclic amines) is 1. The number of aryl methyl sites for hydroxylation is 3. The number of piperidine rings is 1. The second-order valence-electron chi connectivity index (χ2n) is 7.81. The summed E-state index contributed by atoms with van der Waals surface area (Å²) in [5.74, 6) is 1.27. The minimum absolute atomic E-state index is 0.473. The zero-order chi connectivity index (χ0) is 21.3. The molecule has 0 saturated carbocycles. The molecule has 0 aliphatic carbocycles. The fourth-order valence-corrected chi connectivity index (χ4v) is 3.74. The average molecular weight is 417 g/mol. The molecular formula is C20H35F3N6. The van der Waals surface area contributed by atoms with Crippen LogP contribution in [0, 0.1) is 19.8 Å². The molecule has 0 radical (unpaired) electrons. The molecule has 2 heterocycles. The number of alkyl halides is 3. The van der Waals surface area contributed by atoms with Gasteiger partial charge >= 0.3 is 6.18 Å². The van der Waals surface area contributed by atoms with Gasteiger partial charge in [-0.2, -0.15) is 18.3 Å². The van der Waals surface area contributed by atoms with Crippen molar-refractivity contribution in [3.63, 3.8) is 0 Å². The molecule has 1 aromatic rings. The van der Waals surface area contributed by atoms with Gasteiger partial charge in [-0.05, 0) is 71.5 Å². The van der Waals surface area contributed by atoms with E-state index in [9.17, 15) is 13.2 Å². The lowest BCUT2D eigenvalue weighted by Crippen LogP contribution is -2.41. The highest BCUT2D eigenvalue weighted by atomic mass is 19.4. The normalized spacial score (nSPS) is 17.0. The predicted octanol–water partition coefficient (Wildman–Crippen LogP) is 3.11. The van der Waals surface area contributed by atoms with Crippen LogP contribution in [0.25, 0.3) is 0 Å². The summed E-state index contributed by atoms with van der Waals surface area (Å²) in [6.45, 7) is 9.50. The monoisotopic (exact) mass is 416 g/mol. The summed E-state index contributed by atoms with van der Waals surface area (Å²) in [6.07, 6.45) is -0.574. The highest BCUT2D eigenvalue weighted by molar-refractivity contribution is 5.79. The lowest BCUT2D eigenvalue weighted by Gasteiger charge is -2.32. The largest absolute Gasteiger partial charge is 0.401 e. The van der Waals surface area contributed by atoms with E-state index in [1.807, 2.05) is 18.5 Å². The van der Waals surface area contributed by atoms with Gasteiger partial charge in [-0.25, -0.2) is 0 Å². The average Bonchev–Trinajstić information content (AvgIpc) is 2.96. The zero-order valence-corrected chi connectivity index (χ0v) is 17.9. The second kappa shape index (κ2) is 11.4. The van der Waals surface area contributed by atoms with Crippen molar-refractivity contribution in [1.29, 1.82) is 0 Å². The molecule has 9 heteroatoms. The third-order valence-electron chi connectivity index (χ3n) is 5.20. The Balaban J connectivity index is 1.65.